The molecule has 32 heavy (non-hydrogen) atoms. The van der Waals surface area contributed by atoms with Crippen LogP contribution in [0.2, 0.25) is 0 Å². The van der Waals surface area contributed by atoms with Crippen molar-refractivity contribution in [3.05, 3.63) is 70.3 Å². The van der Waals surface area contributed by atoms with E-state index >= 15 is 0 Å². The SMILES string of the molecule is Cc1cccc2c3c(c4c(c12)C(C)(C)C(C)(C)C(C)(C)[C]4(C)[Ti+2])Cc1ccccc1-3.[Cl-].[Cl-]. The minimum Gasteiger partial charge on any atom is -1.00 e. The van der Waals surface area contributed by atoms with Crippen LogP contribution < -0.4 is 24.8 Å². The fourth-order valence-electron chi connectivity index (χ4n) is 6.57. The molecule has 0 bridgehead atoms. The fraction of sp³-hybridized carbons (Fsp3) is 0.448. The van der Waals surface area contributed by atoms with Gasteiger partial charge < -0.3 is 24.8 Å². The van der Waals surface area contributed by atoms with Crippen LogP contribution in [0.5, 0.6) is 0 Å². The van der Waals surface area contributed by atoms with E-state index in [4.69, 9.17) is 0 Å². The molecule has 3 aromatic rings. The second kappa shape index (κ2) is 7.61. The van der Waals surface area contributed by atoms with Gasteiger partial charge in [0.2, 0.25) is 0 Å². The van der Waals surface area contributed by atoms with E-state index in [0.29, 0.717) is 0 Å². The van der Waals surface area contributed by atoms with Gasteiger partial charge in [0.25, 0.3) is 0 Å². The van der Waals surface area contributed by atoms with Gasteiger partial charge in [-0.3, -0.25) is 0 Å². The largest absolute Gasteiger partial charge is 1.00 e. The van der Waals surface area contributed by atoms with Gasteiger partial charge in [-0.05, 0) is 0 Å². The first-order chi connectivity index (χ1) is 13.9. The number of fused-ring (bicyclic) bond motifs is 8. The number of hydrogen-bond acceptors (Lipinski definition) is 0. The summed E-state index contributed by atoms with van der Waals surface area (Å²) in [6.45, 7) is 19.9. The van der Waals surface area contributed by atoms with Crippen LogP contribution >= 0.6 is 0 Å². The molecule has 0 heterocycles. The maximum absolute atomic E-state index is 2.51. The van der Waals surface area contributed by atoms with Gasteiger partial charge >= 0.3 is 194 Å². The third kappa shape index (κ3) is 2.80. The Morgan fingerprint density at radius 1 is 0.750 bits per heavy atom. The topological polar surface area (TPSA) is 0 Å². The minimum absolute atomic E-state index is 0. The molecule has 0 saturated carbocycles. The van der Waals surface area contributed by atoms with Crippen molar-refractivity contribution < 1.29 is 45.2 Å². The van der Waals surface area contributed by atoms with Crippen LogP contribution in [-0.2, 0) is 36.0 Å². The van der Waals surface area contributed by atoms with Crippen molar-refractivity contribution in [2.24, 2.45) is 10.8 Å². The van der Waals surface area contributed by atoms with E-state index < -0.39 is 0 Å². The Morgan fingerprint density at radius 2 is 1.38 bits per heavy atom. The molecule has 3 heteroatoms. The van der Waals surface area contributed by atoms with E-state index in [2.05, 4.69) is 118 Å². The van der Waals surface area contributed by atoms with Gasteiger partial charge in [0.1, 0.15) is 0 Å². The van der Waals surface area contributed by atoms with Gasteiger partial charge in [0.05, 0.1) is 0 Å². The molecule has 5 rings (SSSR count). The summed E-state index contributed by atoms with van der Waals surface area (Å²) < 4.78 is 0.0734. The van der Waals surface area contributed by atoms with Gasteiger partial charge in [0.15, 0.2) is 0 Å². The first-order valence-corrected chi connectivity index (χ1v) is 12.1. The smallest absolute Gasteiger partial charge is 1.00 e. The first-order valence-electron chi connectivity index (χ1n) is 11.3. The Morgan fingerprint density at radius 3 is 2.03 bits per heavy atom. The number of rotatable bonds is 0. The third-order valence-electron chi connectivity index (χ3n) is 9.80. The van der Waals surface area contributed by atoms with Crippen LogP contribution in [0.15, 0.2) is 42.5 Å². The summed E-state index contributed by atoms with van der Waals surface area (Å²) in [6.07, 6.45) is 1.06. The van der Waals surface area contributed by atoms with Crippen LogP contribution in [0.25, 0.3) is 21.9 Å². The Hall–Kier alpha value is -0.786. The fourth-order valence-corrected chi connectivity index (χ4v) is 7.49. The number of hydrogen-bond donors (Lipinski definition) is 0. The molecule has 0 fully saturated rings. The second-order valence-corrected chi connectivity index (χ2v) is 13.0. The van der Waals surface area contributed by atoms with Crippen molar-refractivity contribution in [3.63, 3.8) is 0 Å². The van der Waals surface area contributed by atoms with E-state index in [1.165, 1.54) is 33.0 Å². The van der Waals surface area contributed by atoms with Crippen LogP contribution in [-0.4, -0.2) is 0 Å². The predicted octanol–water partition coefficient (Wildman–Crippen LogP) is 1.83. The monoisotopic (exact) mass is 499 g/mol. The summed E-state index contributed by atoms with van der Waals surface area (Å²) >= 11 is 2.51. The van der Waals surface area contributed by atoms with Gasteiger partial charge in [-0.25, -0.2) is 0 Å². The van der Waals surface area contributed by atoms with E-state index in [1.54, 1.807) is 16.7 Å². The number of halogens is 2. The van der Waals surface area contributed by atoms with E-state index in [-0.39, 0.29) is 44.8 Å². The van der Waals surface area contributed by atoms with Crippen LogP contribution in [0.4, 0.5) is 0 Å². The summed E-state index contributed by atoms with van der Waals surface area (Å²) in [7, 11) is 0. The molecule has 0 saturated heterocycles. The first kappa shape index (κ1) is 25.8. The maximum atomic E-state index is 2.51. The quantitative estimate of drug-likeness (QED) is 0.324. The molecule has 0 aliphatic heterocycles. The summed E-state index contributed by atoms with van der Waals surface area (Å²) in [5, 5.41) is 2.96. The zero-order chi connectivity index (χ0) is 21.9. The Kier molecular flexibility index (Phi) is 6.14. The molecule has 0 nitrogen and oxygen atoms in total. The molecule has 0 aromatic heterocycles. The van der Waals surface area contributed by atoms with Crippen molar-refractivity contribution >= 4 is 10.8 Å². The zero-order valence-electron chi connectivity index (χ0n) is 20.5. The molecular formula is C29H33Cl2Ti. The predicted molar refractivity (Wildman–Crippen MR) is 125 cm³/mol. The molecule has 1 atom stereocenters. The summed E-state index contributed by atoms with van der Waals surface area (Å²) in [5.41, 5.74) is 11.0. The van der Waals surface area contributed by atoms with Gasteiger partial charge in [0, 0.05) is 0 Å². The molecular weight excluding hydrogens is 467 g/mol. The van der Waals surface area contributed by atoms with Gasteiger partial charge in [-0.1, -0.05) is 0 Å². The molecule has 0 spiro atoms. The third-order valence-corrected chi connectivity index (χ3v) is 11.2. The Labute approximate surface area is 218 Å². The minimum atomic E-state index is 0. The van der Waals surface area contributed by atoms with Gasteiger partial charge in [-0.15, -0.1) is 0 Å². The van der Waals surface area contributed by atoms with Crippen molar-refractivity contribution in [1.82, 2.24) is 0 Å². The molecule has 167 valence electrons. The summed E-state index contributed by atoms with van der Waals surface area (Å²) in [6, 6.07) is 16.0. The number of benzene rings is 3. The van der Waals surface area contributed by atoms with Gasteiger partial charge in [-0.2, -0.15) is 0 Å². The van der Waals surface area contributed by atoms with Crippen LogP contribution in [0.3, 0.4) is 0 Å². The molecule has 0 radical (unpaired) electrons. The summed E-state index contributed by atoms with van der Waals surface area (Å²) in [4.78, 5) is 0. The second-order valence-electron chi connectivity index (χ2n) is 11.4. The average molecular weight is 500 g/mol. The van der Waals surface area contributed by atoms with Crippen LogP contribution in [0.1, 0.15) is 76.3 Å². The Bertz CT molecular complexity index is 1230. The molecule has 1 unspecified atom stereocenters. The molecule has 2 aliphatic carbocycles. The molecule has 3 aromatic carbocycles. The standard InChI is InChI=1S/C29H33.2ClH.Ti/c1-17-12-11-15-21-23(17)26-24(18(2)27(3,4)29(7,8)28(26,5)6)22-16-19-13-9-10-14-20(19)25(21)22;;;/h9-15H,16H2,1-8H3;2*1H;/q;;;+2/p-2. The Balaban J connectivity index is 0.00000144. The molecule has 0 amide bonds. The zero-order valence-corrected chi connectivity index (χ0v) is 23.6. The van der Waals surface area contributed by atoms with Crippen molar-refractivity contribution in [2.75, 3.05) is 0 Å². The maximum Gasteiger partial charge on any atom is -1.00 e. The van der Waals surface area contributed by atoms with E-state index in [0.717, 1.165) is 6.42 Å². The van der Waals surface area contributed by atoms with Crippen molar-refractivity contribution in [1.29, 1.82) is 0 Å². The van der Waals surface area contributed by atoms with E-state index in [1.807, 2.05) is 0 Å². The van der Waals surface area contributed by atoms with Crippen LogP contribution in [0, 0.1) is 17.8 Å². The molecule has 0 N–H and O–H groups in total. The summed E-state index contributed by atoms with van der Waals surface area (Å²) in [5.74, 6) is 0. The van der Waals surface area contributed by atoms with Crippen molar-refractivity contribution in [3.8, 4) is 11.1 Å². The normalized spacial score (nSPS) is 23.4. The molecule has 2 aliphatic rings. The average Bonchev–Trinajstić information content (AvgIpc) is 3.05. The van der Waals surface area contributed by atoms with E-state index in [9.17, 15) is 0 Å². The van der Waals surface area contributed by atoms with Crippen molar-refractivity contribution in [2.45, 2.75) is 70.9 Å². The number of aryl methyl sites for hydroxylation is 1.